The number of imide groups is 1. The first kappa shape index (κ1) is 22.2. The van der Waals surface area contributed by atoms with Crippen LogP contribution >= 0.6 is 0 Å². The van der Waals surface area contributed by atoms with Crippen molar-refractivity contribution in [3.8, 4) is 0 Å². The van der Waals surface area contributed by atoms with Gasteiger partial charge in [0.15, 0.2) is 0 Å². The van der Waals surface area contributed by atoms with Crippen molar-refractivity contribution < 1.29 is 28.8 Å². The molecule has 0 aromatic heterocycles. The van der Waals surface area contributed by atoms with Crippen molar-refractivity contribution in [2.45, 2.75) is 26.3 Å². The van der Waals surface area contributed by atoms with Crippen LogP contribution in [0.15, 0.2) is 18.2 Å². The summed E-state index contributed by atoms with van der Waals surface area (Å²) < 4.78 is 5.34. The molecule has 0 saturated carbocycles. The Morgan fingerprint density at radius 3 is 2.25 bits per heavy atom. The summed E-state index contributed by atoms with van der Waals surface area (Å²) in [5, 5.41) is 0.578. The summed E-state index contributed by atoms with van der Waals surface area (Å²) in [5.41, 5.74) is 2.76. The van der Waals surface area contributed by atoms with Crippen LogP contribution in [-0.4, -0.2) is 96.1 Å². The van der Waals surface area contributed by atoms with Crippen LogP contribution in [0.5, 0.6) is 0 Å². The number of amides is 4. The number of carbonyl (C=O) groups excluding carboxylic acids is 4. The summed E-state index contributed by atoms with van der Waals surface area (Å²) in [6, 6.07) is 5.80. The highest BCUT2D eigenvalue weighted by Crippen LogP contribution is 2.20. The summed E-state index contributed by atoms with van der Waals surface area (Å²) in [7, 11) is 0. The van der Waals surface area contributed by atoms with Gasteiger partial charge in [0, 0.05) is 64.2 Å². The maximum atomic E-state index is 12.9. The molecule has 3 saturated heterocycles. The fourth-order valence-electron chi connectivity index (χ4n) is 4.15. The molecule has 0 N–H and O–H groups in total. The van der Waals surface area contributed by atoms with Crippen LogP contribution in [0.25, 0.3) is 0 Å². The van der Waals surface area contributed by atoms with Crippen molar-refractivity contribution in [2.24, 2.45) is 0 Å². The number of nitrogens with zero attached hydrogens (tertiary/aromatic N) is 4. The van der Waals surface area contributed by atoms with E-state index in [9.17, 15) is 19.2 Å². The Morgan fingerprint density at radius 1 is 0.938 bits per heavy atom. The maximum absolute atomic E-state index is 12.9. The molecular formula is C22H28N4O6. The molecule has 3 aliphatic heterocycles. The second kappa shape index (κ2) is 9.66. The van der Waals surface area contributed by atoms with Gasteiger partial charge in [-0.05, 0) is 24.1 Å². The van der Waals surface area contributed by atoms with Crippen LogP contribution in [-0.2, 0) is 25.7 Å². The Balaban J connectivity index is 1.32. The van der Waals surface area contributed by atoms with Gasteiger partial charge in [0.05, 0.1) is 13.2 Å². The van der Waals surface area contributed by atoms with Crippen molar-refractivity contribution >= 4 is 23.8 Å². The van der Waals surface area contributed by atoms with Crippen molar-refractivity contribution in [1.82, 2.24) is 19.8 Å². The number of carbonyl (C=O) groups is 4. The van der Waals surface area contributed by atoms with E-state index in [4.69, 9.17) is 9.57 Å². The molecule has 3 aliphatic rings. The van der Waals surface area contributed by atoms with Gasteiger partial charge in [-0.25, -0.2) is 4.79 Å². The molecule has 0 spiro atoms. The molecule has 0 atom stereocenters. The lowest BCUT2D eigenvalue weighted by Gasteiger charge is -2.34. The maximum Gasteiger partial charge on any atom is 0.434 e. The number of hydrogen-bond donors (Lipinski definition) is 0. The summed E-state index contributed by atoms with van der Waals surface area (Å²) in [6.07, 6.45) is -0.527. The molecule has 1 aromatic carbocycles. The van der Waals surface area contributed by atoms with Gasteiger partial charge < -0.3 is 19.4 Å². The first-order chi connectivity index (χ1) is 15.4. The fraction of sp³-hybridized carbons (Fsp3) is 0.545. The molecule has 0 unspecified atom stereocenters. The second-order valence-corrected chi connectivity index (χ2v) is 8.20. The third-order valence-corrected chi connectivity index (χ3v) is 6.17. The van der Waals surface area contributed by atoms with Gasteiger partial charge >= 0.3 is 6.09 Å². The summed E-state index contributed by atoms with van der Waals surface area (Å²) >= 11 is 0. The average Bonchev–Trinajstić information content (AvgIpc) is 3.13. The van der Waals surface area contributed by atoms with Crippen LogP contribution < -0.4 is 0 Å². The highest BCUT2D eigenvalue weighted by atomic mass is 16.7. The summed E-state index contributed by atoms with van der Waals surface area (Å²) in [6.45, 7) is 7.10. The van der Waals surface area contributed by atoms with Crippen LogP contribution in [0.1, 0.15) is 34.3 Å². The molecular weight excluding hydrogens is 416 g/mol. The van der Waals surface area contributed by atoms with Crippen molar-refractivity contribution in [2.75, 3.05) is 52.5 Å². The van der Waals surface area contributed by atoms with Crippen molar-refractivity contribution in [1.29, 1.82) is 0 Å². The standard InChI is InChI=1S/C22H28N4O6/c1-16-17(3-2-4-18(16)21(29)24-11-13-31-14-12-24)15-23-7-9-25(10-8-23)22(30)32-26-19(27)5-6-20(26)28/h2-4H,5-15H2,1H3. The van der Waals surface area contributed by atoms with Gasteiger partial charge in [0.25, 0.3) is 17.7 Å². The van der Waals surface area contributed by atoms with E-state index in [0.29, 0.717) is 69.7 Å². The monoisotopic (exact) mass is 444 g/mol. The lowest BCUT2D eigenvalue weighted by Crippen LogP contribution is -2.50. The van der Waals surface area contributed by atoms with Gasteiger partial charge in [-0.15, -0.1) is 5.06 Å². The van der Waals surface area contributed by atoms with Gasteiger partial charge in [-0.2, -0.15) is 0 Å². The Morgan fingerprint density at radius 2 is 1.59 bits per heavy atom. The SMILES string of the molecule is Cc1c(CN2CCN(C(=O)ON3C(=O)CCC3=O)CC2)cccc1C(=O)N1CCOCC1. The van der Waals surface area contributed by atoms with Crippen LogP contribution in [0.2, 0.25) is 0 Å². The fourth-order valence-corrected chi connectivity index (χ4v) is 4.15. The van der Waals surface area contributed by atoms with Crippen LogP contribution in [0.4, 0.5) is 4.79 Å². The van der Waals surface area contributed by atoms with Gasteiger partial charge in [-0.1, -0.05) is 12.1 Å². The predicted octanol–water partition coefficient (Wildman–Crippen LogP) is 0.786. The van der Waals surface area contributed by atoms with Crippen LogP contribution in [0, 0.1) is 6.92 Å². The predicted molar refractivity (Wildman–Crippen MR) is 112 cm³/mol. The zero-order chi connectivity index (χ0) is 22.7. The number of benzene rings is 1. The van der Waals surface area contributed by atoms with Gasteiger partial charge in [0.1, 0.15) is 0 Å². The summed E-state index contributed by atoms with van der Waals surface area (Å²) in [5.74, 6) is -0.931. The lowest BCUT2D eigenvalue weighted by molar-refractivity contribution is -0.174. The Kier molecular flexibility index (Phi) is 6.71. The molecule has 10 heteroatoms. The largest absolute Gasteiger partial charge is 0.434 e. The van der Waals surface area contributed by atoms with E-state index in [0.717, 1.165) is 11.1 Å². The van der Waals surface area contributed by atoms with E-state index in [1.54, 1.807) is 0 Å². The number of hydroxylamine groups is 2. The highest BCUT2D eigenvalue weighted by Gasteiger charge is 2.35. The molecule has 3 heterocycles. The van der Waals surface area contributed by atoms with E-state index in [1.807, 2.05) is 30.0 Å². The number of hydrogen-bond acceptors (Lipinski definition) is 7. The minimum atomic E-state index is -0.678. The summed E-state index contributed by atoms with van der Waals surface area (Å²) in [4.78, 5) is 59.0. The molecule has 0 bridgehead atoms. The Bertz CT molecular complexity index is 890. The number of rotatable bonds is 4. The quantitative estimate of drug-likeness (QED) is 0.633. The van der Waals surface area contributed by atoms with Crippen molar-refractivity contribution in [3.05, 3.63) is 34.9 Å². The molecule has 0 radical (unpaired) electrons. The third kappa shape index (κ3) is 4.76. The first-order valence-electron chi connectivity index (χ1n) is 10.9. The third-order valence-electron chi connectivity index (χ3n) is 6.17. The molecule has 10 nitrogen and oxygen atoms in total. The van der Waals surface area contributed by atoms with Crippen LogP contribution in [0.3, 0.4) is 0 Å². The van der Waals surface area contributed by atoms with E-state index >= 15 is 0 Å². The van der Waals surface area contributed by atoms with Gasteiger partial charge in [-0.3, -0.25) is 19.3 Å². The van der Waals surface area contributed by atoms with E-state index in [1.165, 1.54) is 4.90 Å². The second-order valence-electron chi connectivity index (χ2n) is 8.20. The number of ether oxygens (including phenoxy) is 1. The first-order valence-corrected chi connectivity index (χ1v) is 10.9. The van der Waals surface area contributed by atoms with Gasteiger partial charge in [0.2, 0.25) is 0 Å². The molecule has 32 heavy (non-hydrogen) atoms. The molecule has 3 fully saturated rings. The minimum Gasteiger partial charge on any atom is -0.378 e. The normalized spacial score (nSPS) is 20.1. The zero-order valence-electron chi connectivity index (χ0n) is 18.2. The smallest absolute Gasteiger partial charge is 0.378 e. The molecule has 4 amide bonds. The number of morpholine rings is 1. The Labute approximate surface area is 186 Å². The highest BCUT2D eigenvalue weighted by molar-refractivity contribution is 6.01. The minimum absolute atomic E-state index is 0.0335. The van der Waals surface area contributed by atoms with E-state index in [-0.39, 0.29) is 18.7 Å². The topological polar surface area (TPSA) is 99.7 Å². The average molecular weight is 444 g/mol. The molecule has 0 aliphatic carbocycles. The van der Waals surface area contributed by atoms with E-state index in [2.05, 4.69) is 4.90 Å². The molecule has 4 rings (SSSR count). The van der Waals surface area contributed by atoms with Crippen molar-refractivity contribution in [3.63, 3.8) is 0 Å². The number of piperazine rings is 1. The molecule has 172 valence electrons. The molecule has 1 aromatic rings. The zero-order valence-corrected chi connectivity index (χ0v) is 18.2. The lowest BCUT2D eigenvalue weighted by atomic mass is 10.0. The Hall–Kier alpha value is -2.98. The van der Waals surface area contributed by atoms with E-state index < -0.39 is 17.9 Å².